The van der Waals surface area contributed by atoms with E-state index in [4.69, 9.17) is 0 Å². The molecule has 4 rings (SSSR count). The van der Waals surface area contributed by atoms with Gasteiger partial charge in [0.05, 0.1) is 11.5 Å². The highest BCUT2D eigenvalue weighted by Crippen LogP contribution is 2.43. The van der Waals surface area contributed by atoms with Crippen LogP contribution in [0.3, 0.4) is 0 Å². The van der Waals surface area contributed by atoms with Crippen molar-refractivity contribution >= 4 is 11.9 Å². The van der Waals surface area contributed by atoms with Gasteiger partial charge in [0.1, 0.15) is 0 Å². The zero-order valence-corrected chi connectivity index (χ0v) is 15.7. The van der Waals surface area contributed by atoms with Crippen LogP contribution in [0.5, 0.6) is 0 Å². The largest absolute Gasteiger partial charge is 0.393 e. The number of aromatic nitrogens is 2. The molecular weight excluding hydrogens is 328 g/mol. The standard InChI is InChI=1S/C20H30N4O2/c1-2-15-12-21-19(22-13-15)23-10-3-8-20(14-23)9-11-24(18(20)26)16-4-6-17(25)7-5-16/h12-13,16-17,25H,2-11,14H2,1H3/t16-,17-,20?. The number of carbonyl (C=O) groups is 1. The van der Waals surface area contributed by atoms with Gasteiger partial charge in [0.2, 0.25) is 11.9 Å². The third-order valence-corrected chi connectivity index (χ3v) is 6.61. The number of carbonyl (C=O) groups excluding carboxylic acids is 1. The first-order chi connectivity index (χ1) is 12.6. The van der Waals surface area contributed by atoms with Crippen LogP contribution in [0.15, 0.2) is 12.4 Å². The number of rotatable bonds is 3. The van der Waals surface area contributed by atoms with E-state index in [-0.39, 0.29) is 11.5 Å². The van der Waals surface area contributed by atoms with Crippen LogP contribution >= 0.6 is 0 Å². The zero-order chi connectivity index (χ0) is 18.1. The van der Waals surface area contributed by atoms with Crippen LogP contribution in [0, 0.1) is 5.41 Å². The third kappa shape index (κ3) is 3.20. The van der Waals surface area contributed by atoms with E-state index in [1.54, 1.807) is 0 Å². The molecule has 1 aromatic rings. The minimum absolute atomic E-state index is 0.175. The Morgan fingerprint density at radius 1 is 1.15 bits per heavy atom. The molecule has 142 valence electrons. The third-order valence-electron chi connectivity index (χ3n) is 6.61. The summed E-state index contributed by atoms with van der Waals surface area (Å²) in [4.78, 5) is 26.7. The maximum Gasteiger partial charge on any atom is 0.230 e. The number of aliphatic hydroxyl groups is 1. The average Bonchev–Trinajstić information content (AvgIpc) is 2.98. The Balaban J connectivity index is 1.46. The molecule has 1 atom stereocenters. The molecule has 2 aliphatic heterocycles. The van der Waals surface area contributed by atoms with Crippen LogP contribution in [0.4, 0.5) is 5.95 Å². The molecule has 0 radical (unpaired) electrons. The van der Waals surface area contributed by atoms with E-state index in [0.717, 1.165) is 82.5 Å². The van der Waals surface area contributed by atoms with Crippen molar-refractivity contribution in [1.29, 1.82) is 0 Å². The van der Waals surface area contributed by atoms with Crippen molar-refractivity contribution in [2.24, 2.45) is 5.41 Å². The van der Waals surface area contributed by atoms with E-state index in [9.17, 15) is 9.90 Å². The molecule has 26 heavy (non-hydrogen) atoms. The fraction of sp³-hybridized carbons (Fsp3) is 0.750. The van der Waals surface area contributed by atoms with E-state index in [1.807, 2.05) is 12.4 Å². The van der Waals surface area contributed by atoms with E-state index >= 15 is 0 Å². The lowest BCUT2D eigenvalue weighted by molar-refractivity contribution is -0.139. The second kappa shape index (κ2) is 7.14. The van der Waals surface area contributed by atoms with Crippen LogP contribution < -0.4 is 4.90 Å². The predicted octanol–water partition coefficient (Wildman–Crippen LogP) is 2.16. The van der Waals surface area contributed by atoms with Crippen LogP contribution in [-0.2, 0) is 11.2 Å². The van der Waals surface area contributed by atoms with E-state index in [2.05, 4.69) is 26.7 Å². The number of nitrogens with zero attached hydrogens (tertiary/aromatic N) is 4. The molecule has 0 aromatic carbocycles. The van der Waals surface area contributed by atoms with Crippen molar-refractivity contribution in [3.63, 3.8) is 0 Å². The molecule has 1 aromatic heterocycles. The Hall–Kier alpha value is -1.69. The number of aliphatic hydroxyl groups excluding tert-OH is 1. The van der Waals surface area contributed by atoms with Gasteiger partial charge in [0.25, 0.3) is 0 Å². The molecule has 6 heteroatoms. The van der Waals surface area contributed by atoms with Gasteiger partial charge in [-0.2, -0.15) is 0 Å². The zero-order valence-electron chi connectivity index (χ0n) is 15.7. The molecule has 0 bridgehead atoms. The van der Waals surface area contributed by atoms with Crippen LogP contribution in [0.1, 0.15) is 57.4 Å². The number of aryl methyl sites for hydroxylation is 1. The molecular formula is C20H30N4O2. The molecule has 1 N–H and O–H groups in total. The SMILES string of the molecule is CCc1cnc(N2CCCC3(CCN([C@H]4CC[C@H](O)CC4)C3=O)C2)nc1. The summed E-state index contributed by atoms with van der Waals surface area (Å²) < 4.78 is 0. The summed E-state index contributed by atoms with van der Waals surface area (Å²) in [7, 11) is 0. The molecule has 6 nitrogen and oxygen atoms in total. The summed E-state index contributed by atoms with van der Waals surface area (Å²) in [6.45, 7) is 4.63. The summed E-state index contributed by atoms with van der Waals surface area (Å²) in [6.07, 6.45) is 11.0. The van der Waals surface area contributed by atoms with Gasteiger partial charge in [-0.25, -0.2) is 9.97 Å². The molecule has 1 aliphatic carbocycles. The van der Waals surface area contributed by atoms with Crippen molar-refractivity contribution in [3.05, 3.63) is 18.0 Å². The minimum atomic E-state index is -0.263. The number of hydrogen-bond acceptors (Lipinski definition) is 5. The lowest BCUT2D eigenvalue weighted by Crippen LogP contribution is -2.50. The quantitative estimate of drug-likeness (QED) is 0.897. The lowest BCUT2D eigenvalue weighted by Gasteiger charge is -2.40. The molecule has 3 fully saturated rings. The van der Waals surface area contributed by atoms with Gasteiger partial charge in [0.15, 0.2) is 0 Å². The fourth-order valence-electron chi connectivity index (χ4n) is 4.94. The topological polar surface area (TPSA) is 69.6 Å². The highest BCUT2D eigenvalue weighted by Gasteiger charge is 2.50. The van der Waals surface area contributed by atoms with Crippen molar-refractivity contribution in [2.75, 3.05) is 24.5 Å². The van der Waals surface area contributed by atoms with Crippen LogP contribution in [0.2, 0.25) is 0 Å². The first-order valence-electron chi connectivity index (χ1n) is 10.2. The highest BCUT2D eigenvalue weighted by atomic mass is 16.3. The Labute approximate surface area is 155 Å². The molecule has 1 saturated carbocycles. The molecule has 2 saturated heterocycles. The number of piperidine rings is 1. The Morgan fingerprint density at radius 3 is 2.58 bits per heavy atom. The normalized spacial score (nSPS) is 32.5. The van der Waals surface area contributed by atoms with Gasteiger partial charge in [-0.05, 0) is 56.9 Å². The van der Waals surface area contributed by atoms with Crippen molar-refractivity contribution < 1.29 is 9.90 Å². The lowest BCUT2D eigenvalue weighted by atomic mass is 9.78. The highest BCUT2D eigenvalue weighted by molar-refractivity contribution is 5.86. The first kappa shape index (κ1) is 17.7. The molecule has 3 aliphatic rings. The summed E-state index contributed by atoms with van der Waals surface area (Å²) in [5, 5.41) is 9.75. The first-order valence-corrected chi connectivity index (χ1v) is 10.2. The smallest absolute Gasteiger partial charge is 0.230 e. The number of hydrogen-bond donors (Lipinski definition) is 1. The summed E-state index contributed by atoms with van der Waals surface area (Å²) in [6, 6.07) is 0.320. The van der Waals surface area contributed by atoms with Gasteiger partial charge in [0, 0.05) is 38.1 Å². The van der Waals surface area contributed by atoms with Gasteiger partial charge in [-0.15, -0.1) is 0 Å². The molecule has 1 amide bonds. The van der Waals surface area contributed by atoms with E-state index in [1.165, 1.54) is 0 Å². The average molecular weight is 358 g/mol. The number of likely N-dealkylation sites (tertiary alicyclic amines) is 1. The maximum absolute atomic E-state index is 13.3. The summed E-state index contributed by atoms with van der Waals surface area (Å²) >= 11 is 0. The Kier molecular flexibility index (Phi) is 4.86. The molecule has 1 unspecified atom stereocenters. The second-order valence-electron chi connectivity index (χ2n) is 8.26. The number of amides is 1. The second-order valence-corrected chi connectivity index (χ2v) is 8.26. The van der Waals surface area contributed by atoms with Crippen molar-refractivity contribution in [2.45, 2.75) is 70.4 Å². The van der Waals surface area contributed by atoms with Gasteiger partial charge >= 0.3 is 0 Å². The Bertz CT molecular complexity index is 642. The maximum atomic E-state index is 13.3. The number of anilines is 1. The van der Waals surface area contributed by atoms with Gasteiger partial charge < -0.3 is 14.9 Å². The monoisotopic (exact) mass is 358 g/mol. The summed E-state index contributed by atoms with van der Waals surface area (Å²) in [5.74, 6) is 1.09. The van der Waals surface area contributed by atoms with Gasteiger partial charge in [-0.1, -0.05) is 6.92 Å². The molecule has 3 heterocycles. The fourth-order valence-corrected chi connectivity index (χ4v) is 4.94. The summed E-state index contributed by atoms with van der Waals surface area (Å²) in [5.41, 5.74) is 0.879. The molecule has 1 spiro atoms. The van der Waals surface area contributed by atoms with Crippen LogP contribution in [0.25, 0.3) is 0 Å². The van der Waals surface area contributed by atoms with E-state index in [0.29, 0.717) is 11.9 Å². The van der Waals surface area contributed by atoms with E-state index < -0.39 is 0 Å². The van der Waals surface area contributed by atoms with Crippen molar-refractivity contribution in [1.82, 2.24) is 14.9 Å². The van der Waals surface area contributed by atoms with Crippen molar-refractivity contribution in [3.8, 4) is 0 Å². The predicted molar refractivity (Wildman–Crippen MR) is 99.9 cm³/mol. The Morgan fingerprint density at radius 2 is 1.88 bits per heavy atom. The minimum Gasteiger partial charge on any atom is -0.393 e. The van der Waals surface area contributed by atoms with Crippen LogP contribution in [-0.4, -0.2) is 57.7 Å². The van der Waals surface area contributed by atoms with Gasteiger partial charge in [-0.3, -0.25) is 4.79 Å².